The van der Waals surface area contributed by atoms with Gasteiger partial charge in [0.2, 0.25) is 11.8 Å². The maximum Gasteiger partial charge on any atom is 0.248 e. The van der Waals surface area contributed by atoms with Crippen LogP contribution >= 0.6 is 0 Å². The summed E-state index contributed by atoms with van der Waals surface area (Å²) in [5.41, 5.74) is 6.77. The highest BCUT2D eigenvalue weighted by atomic mass is 16.5. The molecule has 24 heavy (non-hydrogen) atoms. The van der Waals surface area contributed by atoms with Gasteiger partial charge in [0.1, 0.15) is 5.69 Å². The Labute approximate surface area is 141 Å². The number of carbonyl (C=O) groups excluding carboxylic acids is 1. The zero-order valence-electron chi connectivity index (χ0n) is 14.1. The molecule has 2 N–H and O–H groups in total. The number of rotatable bonds is 9. The molecule has 128 valence electrons. The van der Waals surface area contributed by atoms with Gasteiger partial charge >= 0.3 is 0 Å². The molecule has 0 radical (unpaired) electrons. The fourth-order valence-electron chi connectivity index (χ4n) is 2.25. The van der Waals surface area contributed by atoms with Gasteiger partial charge in [0.25, 0.3) is 0 Å². The molecule has 0 unspecified atom stereocenters. The van der Waals surface area contributed by atoms with E-state index < -0.39 is 5.91 Å². The lowest BCUT2D eigenvalue weighted by Crippen LogP contribution is -2.25. The summed E-state index contributed by atoms with van der Waals surface area (Å²) in [4.78, 5) is 26.2. The molecule has 2 aromatic rings. The number of carbonyl (C=O) groups is 1. The molecule has 0 aliphatic rings. The van der Waals surface area contributed by atoms with Gasteiger partial charge < -0.3 is 15.4 Å². The number of primary amides is 1. The van der Waals surface area contributed by atoms with E-state index in [1.165, 1.54) is 6.20 Å². The predicted molar refractivity (Wildman–Crippen MR) is 91.7 cm³/mol. The second-order valence-corrected chi connectivity index (χ2v) is 5.26. The number of pyridine rings is 1. The molecule has 0 spiro atoms. The summed E-state index contributed by atoms with van der Waals surface area (Å²) in [5, 5.41) is 0. The molecule has 1 amide bonds. The quantitative estimate of drug-likeness (QED) is 0.704. The third-order valence-electron chi connectivity index (χ3n) is 3.70. The average Bonchev–Trinajstić information content (AvgIpc) is 2.62. The first-order chi connectivity index (χ1) is 11.6. The Morgan fingerprint density at radius 3 is 2.58 bits per heavy atom. The third kappa shape index (κ3) is 4.99. The van der Waals surface area contributed by atoms with Crippen LogP contribution in [-0.2, 0) is 0 Å². The van der Waals surface area contributed by atoms with E-state index in [1.54, 1.807) is 24.5 Å². The van der Waals surface area contributed by atoms with E-state index in [9.17, 15) is 4.79 Å². The predicted octanol–water partition coefficient (Wildman–Crippen LogP) is 1.75. The lowest BCUT2D eigenvalue weighted by atomic mass is 10.2. The third-order valence-corrected chi connectivity index (χ3v) is 3.70. The molecule has 0 fully saturated rings. The van der Waals surface area contributed by atoms with Crippen molar-refractivity contribution in [3.8, 4) is 17.3 Å². The van der Waals surface area contributed by atoms with Crippen LogP contribution in [0.15, 0.2) is 30.7 Å². The van der Waals surface area contributed by atoms with E-state index in [-0.39, 0.29) is 0 Å². The number of hydrogen-bond donors (Lipinski definition) is 1. The molecule has 2 heterocycles. The number of amides is 1. The highest BCUT2D eigenvalue weighted by Crippen LogP contribution is 2.16. The molecule has 0 saturated carbocycles. The Morgan fingerprint density at radius 1 is 1.17 bits per heavy atom. The van der Waals surface area contributed by atoms with Crippen LogP contribution in [-0.4, -0.2) is 52.0 Å². The number of nitrogens with two attached hydrogens (primary N) is 1. The largest absolute Gasteiger partial charge is 0.477 e. The zero-order chi connectivity index (χ0) is 17.4. The first-order valence-electron chi connectivity index (χ1n) is 8.07. The molecule has 0 saturated heterocycles. The van der Waals surface area contributed by atoms with Gasteiger partial charge in [0, 0.05) is 18.3 Å². The summed E-state index contributed by atoms with van der Waals surface area (Å²) >= 11 is 0. The van der Waals surface area contributed by atoms with Crippen LogP contribution in [0.4, 0.5) is 0 Å². The number of aromatic nitrogens is 3. The Kier molecular flexibility index (Phi) is 6.62. The second-order valence-electron chi connectivity index (χ2n) is 5.26. The summed E-state index contributed by atoms with van der Waals surface area (Å²) in [5.74, 6) is -0.0240. The molecular formula is C17H23N5O2. The van der Waals surface area contributed by atoms with Crippen LogP contribution in [0.3, 0.4) is 0 Å². The molecule has 0 aliphatic heterocycles. The standard InChI is InChI=1S/C17H23N5O2/c1-3-22(4-2)8-5-9-24-16-12-20-15(11-21-16)14-10-13(17(18)23)6-7-19-14/h6-7,10-12H,3-5,8-9H2,1-2H3,(H2,18,23). The Bertz CT molecular complexity index is 656. The van der Waals surface area contributed by atoms with Crippen LogP contribution in [0, 0.1) is 0 Å². The van der Waals surface area contributed by atoms with Crippen LogP contribution < -0.4 is 10.5 Å². The van der Waals surface area contributed by atoms with Crippen molar-refractivity contribution < 1.29 is 9.53 Å². The molecule has 0 aromatic carbocycles. The summed E-state index contributed by atoms with van der Waals surface area (Å²) < 4.78 is 5.60. The molecule has 7 heteroatoms. The molecule has 2 aromatic heterocycles. The van der Waals surface area contributed by atoms with Crippen molar-refractivity contribution in [1.29, 1.82) is 0 Å². The molecule has 7 nitrogen and oxygen atoms in total. The minimum atomic E-state index is -0.500. The Hall–Kier alpha value is -2.54. The van der Waals surface area contributed by atoms with Gasteiger partial charge in [-0.05, 0) is 31.6 Å². The van der Waals surface area contributed by atoms with Gasteiger partial charge in [-0.3, -0.25) is 9.78 Å². The van der Waals surface area contributed by atoms with E-state index in [0.717, 1.165) is 26.1 Å². The van der Waals surface area contributed by atoms with E-state index in [4.69, 9.17) is 10.5 Å². The van der Waals surface area contributed by atoms with Crippen molar-refractivity contribution in [2.75, 3.05) is 26.2 Å². The topological polar surface area (TPSA) is 94.2 Å². The number of nitrogens with zero attached hydrogens (tertiary/aromatic N) is 4. The minimum Gasteiger partial charge on any atom is -0.477 e. The number of ether oxygens (including phenoxy) is 1. The first kappa shape index (κ1) is 17.8. The smallest absolute Gasteiger partial charge is 0.248 e. The maximum absolute atomic E-state index is 11.2. The van der Waals surface area contributed by atoms with Gasteiger partial charge in [-0.2, -0.15) is 0 Å². The van der Waals surface area contributed by atoms with E-state index in [1.807, 2.05) is 0 Å². The van der Waals surface area contributed by atoms with Crippen LogP contribution in [0.25, 0.3) is 11.4 Å². The van der Waals surface area contributed by atoms with Crippen molar-refractivity contribution in [1.82, 2.24) is 19.9 Å². The van der Waals surface area contributed by atoms with Crippen molar-refractivity contribution in [2.45, 2.75) is 20.3 Å². The van der Waals surface area contributed by atoms with Gasteiger partial charge in [-0.15, -0.1) is 0 Å². The van der Waals surface area contributed by atoms with Gasteiger partial charge in [-0.25, -0.2) is 9.97 Å². The fourth-order valence-corrected chi connectivity index (χ4v) is 2.25. The summed E-state index contributed by atoms with van der Waals surface area (Å²) in [6, 6.07) is 3.16. The van der Waals surface area contributed by atoms with E-state index in [2.05, 4.69) is 33.7 Å². The Balaban J connectivity index is 1.91. The van der Waals surface area contributed by atoms with Crippen LogP contribution in [0.1, 0.15) is 30.6 Å². The van der Waals surface area contributed by atoms with E-state index in [0.29, 0.717) is 29.4 Å². The summed E-state index contributed by atoms with van der Waals surface area (Å²) in [7, 11) is 0. The highest BCUT2D eigenvalue weighted by Gasteiger charge is 2.07. The molecular weight excluding hydrogens is 306 g/mol. The monoisotopic (exact) mass is 329 g/mol. The highest BCUT2D eigenvalue weighted by molar-refractivity contribution is 5.93. The van der Waals surface area contributed by atoms with E-state index >= 15 is 0 Å². The zero-order valence-corrected chi connectivity index (χ0v) is 14.1. The van der Waals surface area contributed by atoms with Crippen LogP contribution in [0.2, 0.25) is 0 Å². The fraction of sp³-hybridized carbons (Fsp3) is 0.412. The molecule has 2 rings (SSSR count). The molecule has 0 atom stereocenters. The normalized spacial score (nSPS) is 10.8. The lowest BCUT2D eigenvalue weighted by Gasteiger charge is -2.17. The van der Waals surface area contributed by atoms with Crippen molar-refractivity contribution >= 4 is 5.91 Å². The summed E-state index contributed by atoms with van der Waals surface area (Å²) in [6.07, 6.45) is 5.60. The van der Waals surface area contributed by atoms with Crippen molar-refractivity contribution in [2.24, 2.45) is 5.73 Å². The van der Waals surface area contributed by atoms with Gasteiger partial charge in [0.15, 0.2) is 0 Å². The summed E-state index contributed by atoms with van der Waals surface area (Å²) in [6.45, 7) is 7.98. The average molecular weight is 329 g/mol. The minimum absolute atomic E-state index is 0.388. The first-order valence-corrected chi connectivity index (χ1v) is 8.07. The second kappa shape index (κ2) is 8.93. The maximum atomic E-state index is 11.2. The van der Waals surface area contributed by atoms with Crippen LogP contribution in [0.5, 0.6) is 5.88 Å². The molecule has 0 aliphatic carbocycles. The van der Waals surface area contributed by atoms with Gasteiger partial charge in [0.05, 0.1) is 24.7 Å². The van der Waals surface area contributed by atoms with Gasteiger partial charge in [-0.1, -0.05) is 13.8 Å². The van der Waals surface area contributed by atoms with Crippen molar-refractivity contribution in [3.63, 3.8) is 0 Å². The van der Waals surface area contributed by atoms with Crippen molar-refractivity contribution in [3.05, 3.63) is 36.3 Å². The number of hydrogen-bond acceptors (Lipinski definition) is 6. The Morgan fingerprint density at radius 2 is 1.96 bits per heavy atom. The SMILES string of the molecule is CCN(CC)CCCOc1cnc(-c2cc(C(N)=O)ccn2)cn1. The molecule has 0 bridgehead atoms. The lowest BCUT2D eigenvalue weighted by molar-refractivity contribution is 0.1000.